The standard InChI is InChI=1S/C21H28N2O2/c1-3-22-12-13-23(15-17(22)2)21(16-24)18-8-7-11-20(14-18)25-19-9-5-4-6-10-19/h4-11,14,17,21,24H,3,12-13,15-16H2,1-2H3. The summed E-state index contributed by atoms with van der Waals surface area (Å²) < 4.78 is 5.95. The zero-order valence-electron chi connectivity index (χ0n) is 15.1. The predicted octanol–water partition coefficient (Wildman–Crippen LogP) is 3.54. The predicted molar refractivity (Wildman–Crippen MR) is 101 cm³/mol. The van der Waals surface area contributed by atoms with Gasteiger partial charge in [-0.1, -0.05) is 37.3 Å². The smallest absolute Gasteiger partial charge is 0.127 e. The summed E-state index contributed by atoms with van der Waals surface area (Å²) >= 11 is 0. The van der Waals surface area contributed by atoms with E-state index in [-0.39, 0.29) is 12.6 Å². The highest BCUT2D eigenvalue weighted by Crippen LogP contribution is 2.28. The lowest BCUT2D eigenvalue weighted by Crippen LogP contribution is -2.53. The molecule has 1 aliphatic rings. The van der Waals surface area contributed by atoms with E-state index in [1.807, 2.05) is 48.5 Å². The third-order valence-corrected chi connectivity index (χ3v) is 5.04. The highest BCUT2D eigenvalue weighted by Gasteiger charge is 2.28. The van der Waals surface area contributed by atoms with Gasteiger partial charge >= 0.3 is 0 Å². The maximum Gasteiger partial charge on any atom is 0.127 e. The van der Waals surface area contributed by atoms with Gasteiger partial charge in [-0.25, -0.2) is 0 Å². The Morgan fingerprint density at radius 1 is 1.08 bits per heavy atom. The Bertz CT molecular complexity index is 662. The molecule has 2 unspecified atom stereocenters. The molecule has 134 valence electrons. The van der Waals surface area contributed by atoms with Crippen molar-refractivity contribution in [3.8, 4) is 11.5 Å². The summed E-state index contributed by atoms with van der Waals surface area (Å²) in [5, 5.41) is 10.0. The zero-order chi connectivity index (χ0) is 17.6. The Balaban J connectivity index is 1.74. The van der Waals surface area contributed by atoms with Crippen molar-refractivity contribution in [2.75, 3.05) is 32.8 Å². The molecule has 0 aromatic heterocycles. The minimum Gasteiger partial charge on any atom is -0.457 e. The van der Waals surface area contributed by atoms with Gasteiger partial charge in [-0.3, -0.25) is 9.80 Å². The van der Waals surface area contributed by atoms with Crippen molar-refractivity contribution in [1.29, 1.82) is 0 Å². The number of aliphatic hydroxyl groups is 1. The molecule has 3 rings (SSSR count). The van der Waals surface area contributed by atoms with E-state index in [4.69, 9.17) is 4.74 Å². The Kier molecular flexibility index (Phi) is 6.08. The summed E-state index contributed by atoms with van der Waals surface area (Å²) in [6, 6.07) is 18.4. The molecule has 0 spiro atoms. The van der Waals surface area contributed by atoms with Crippen LogP contribution in [0.5, 0.6) is 11.5 Å². The largest absolute Gasteiger partial charge is 0.457 e. The summed E-state index contributed by atoms with van der Waals surface area (Å²) in [6.45, 7) is 8.68. The van der Waals surface area contributed by atoms with Crippen molar-refractivity contribution in [2.24, 2.45) is 0 Å². The van der Waals surface area contributed by atoms with Crippen molar-refractivity contribution in [3.63, 3.8) is 0 Å². The van der Waals surface area contributed by atoms with E-state index in [2.05, 4.69) is 29.7 Å². The number of nitrogens with zero attached hydrogens (tertiary/aromatic N) is 2. The lowest BCUT2D eigenvalue weighted by Gasteiger charge is -2.42. The molecule has 0 saturated carbocycles. The van der Waals surface area contributed by atoms with Crippen molar-refractivity contribution in [2.45, 2.75) is 25.9 Å². The van der Waals surface area contributed by atoms with Crippen molar-refractivity contribution < 1.29 is 9.84 Å². The minimum absolute atomic E-state index is 0.0146. The van der Waals surface area contributed by atoms with Crippen LogP contribution >= 0.6 is 0 Å². The third-order valence-electron chi connectivity index (χ3n) is 5.04. The molecule has 1 saturated heterocycles. The van der Waals surface area contributed by atoms with E-state index in [9.17, 15) is 5.11 Å². The number of para-hydroxylation sites is 1. The maximum absolute atomic E-state index is 10.0. The number of aliphatic hydroxyl groups excluding tert-OH is 1. The van der Waals surface area contributed by atoms with Gasteiger partial charge in [0.05, 0.1) is 12.6 Å². The Morgan fingerprint density at radius 2 is 1.84 bits per heavy atom. The third kappa shape index (κ3) is 4.40. The topological polar surface area (TPSA) is 35.9 Å². The van der Waals surface area contributed by atoms with E-state index in [1.165, 1.54) is 0 Å². The molecule has 0 radical (unpaired) electrons. The summed E-state index contributed by atoms with van der Waals surface area (Å²) in [7, 11) is 0. The van der Waals surface area contributed by atoms with Crippen LogP contribution in [0.15, 0.2) is 54.6 Å². The quantitative estimate of drug-likeness (QED) is 0.872. The first-order valence-corrected chi connectivity index (χ1v) is 9.13. The molecule has 2 aromatic carbocycles. The van der Waals surface area contributed by atoms with Gasteiger partial charge in [0.15, 0.2) is 0 Å². The molecule has 2 atom stereocenters. The van der Waals surface area contributed by atoms with Gasteiger partial charge in [-0.05, 0) is 43.3 Å². The van der Waals surface area contributed by atoms with Gasteiger partial charge in [0.2, 0.25) is 0 Å². The van der Waals surface area contributed by atoms with Crippen LogP contribution in [0.3, 0.4) is 0 Å². The van der Waals surface area contributed by atoms with Crippen molar-refractivity contribution in [3.05, 3.63) is 60.2 Å². The highest BCUT2D eigenvalue weighted by molar-refractivity contribution is 5.35. The molecule has 1 fully saturated rings. The van der Waals surface area contributed by atoms with E-state index >= 15 is 0 Å². The molecule has 25 heavy (non-hydrogen) atoms. The first-order chi connectivity index (χ1) is 12.2. The summed E-state index contributed by atoms with van der Waals surface area (Å²) in [5.41, 5.74) is 1.10. The Morgan fingerprint density at radius 3 is 2.52 bits per heavy atom. The van der Waals surface area contributed by atoms with Crippen LogP contribution in [0.1, 0.15) is 25.5 Å². The van der Waals surface area contributed by atoms with Crippen LogP contribution in [0.2, 0.25) is 0 Å². The summed E-state index contributed by atoms with van der Waals surface area (Å²) in [4.78, 5) is 4.87. The van der Waals surface area contributed by atoms with Crippen molar-refractivity contribution in [1.82, 2.24) is 9.80 Å². The molecule has 0 aliphatic carbocycles. The van der Waals surface area contributed by atoms with Gasteiger partial charge in [0.25, 0.3) is 0 Å². The van der Waals surface area contributed by atoms with Crippen LogP contribution in [0, 0.1) is 0 Å². The fourth-order valence-electron chi connectivity index (χ4n) is 3.62. The number of hydrogen-bond acceptors (Lipinski definition) is 4. The minimum atomic E-state index is 0.0146. The zero-order valence-corrected chi connectivity index (χ0v) is 15.1. The van der Waals surface area contributed by atoms with E-state index in [1.54, 1.807) is 0 Å². The number of benzene rings is 2. The van der Waals surface area contributed by atoms with Crippen LogP contribution < -0.4 is 4.74 Å². The molecule has 1 N–H and O–H groups in total. The van der Waals surface area contributed by atoms with E-state index in [0.717, 1.165) is 43.2 Å². The normalized spacial score (nSPS) is 20.4. The van der Waals surface area contributed by atoms with Gasteiger partial charge in [-0.2, -0.15) is 0 Å². The number of ether oxygens (including phenoxy) is 1. The SMILES string of the molecule is CCN1CCN(C(CO)c2cccc(Oc3ccccc3)c2)CC1C. The molecule has 0 bridgehead atoms. The number of rotatable bonds is 6. The van der Waals surface area contributed by atoms with Gasteiger partial charge in [0, 0.05) is 25.7 Å². The molecule has 2 aromatic rings. The monoisotopic (exact) mass is 340 g/mol. The Hall–Kier alpha value is -1.88. The van der Waals surface area contributed by atoms with Gasteiger partial charge in [-0.15, -0.1) is 0 Å². The molecular weight excluding hydrogens is 312 g/mol. The Labute approximate surface area is 150 Å². The lowest BCUT2D eigenvalue weighted by molar-refractivity contribution is 0.0367. The molecule has 0 amide bonds. The maximum atomic E-state index is 10.0. The lowest BCUT2D eigenvalue weighted by atomic mass is 10.0. The number of hydrogen-bond donors (Lipinski definition) is 1. The average Bonchev–Trinajstić information content (AvgIpc) is 2.64. The first-order valence-electron chi connectivity index (χ1n) is 9.13. The number of piperazine rings is 1. The van der Waals surface area contributed by atoms with Crippen LogP contribution in [0.25, 0.3) is 0 Å². The average molecular weight is 340 g/mol. The van der Waals surface area contributed by atoms with Crippen LogP contribution in [-0.2, 0) is 0 Å². The molecule has 1 aliphatic heterocycles. The second-order valence-corrected chi connectivity index (χ2v) is 6.66. The fourth-order valence-corrected chi connectivity index (χ4v) is 3.62. The second kappa shape index (κ2) is 8.48. The molecule has 4 nitrogen and oxygen atoms in total. The van der Waals surface area contributed by atoms with Crippen LogP contribution in [-0.4, -0.2) is 53.7 Å². The molecular formula is C21H28N2O2. The highest BCUT2D eigenvalue weighted by atomic mass is 16.5. The van der Waals surface area contributed by atoms with Crippen LogP contribution in [0.4, 0.5) is 0 Å². The van der Waals surface area contributed by atoms with E-state index in [0.29, 0.717) is 6.04 Å². The first kappa shape index (κ1) is 17.9. The fraction of sp³-hybridized carbons (Fsp3) is 0.429. The van der Waals surface area contributed by atoms with Crippen molar-refractivity contribution >= 4 is 0 Å². The summed E-state index contributed by atoms with van der Waals surface area (Å²) in [6.07, 6.45) is 0. The van der Waals surface area contributed by atoms with Gasteiger partial charge < -0.3 is 9.84 Å². The van der Waals surface area contributed by atoms with E-state index < -0.39 is 0 Å². The van der Waals surface area contributed by atoms with Gasteiger partial charge in [0.1, 0.15) is 11.5 Å². The number of likely N-dealkylation sites (N-methyl/N-ethyl adjacent to an activating group) is 1. The molecule has 4 heteroatoms. The molecule has 1 heterocycles. The summed E-state index contributed by atoms with van der Waals surface area (Å²) in [5.74, 6) is 1.63. The second-order valence-electron chi connectivity index (χ2n) is 6.66.